The van der Waals surface area contributed by atoms with Crippen LogP contribution in [0.15, 0.2) is 66.9 Å². The van der Waals surface area contributed by atoms with Crippen LogP contribution in [-0.2, 0) is 6.42 Å². The van der Waals surface area contributed by atoms with Crippen molar-refractivity contribution < 1.29 is 5.11 Å². The predicted octanol–water partition coefficient (Wildman–Crippen LogP) is 2.58. The smallest absolute Gasteiger partial charge is 0.151 e. The SMILES string of the molecule is O[C@@H]1CN(c2ccc(-c3ccccc3)nn2)C[C@H]1Cc1ccccn1. The van der Waals surface area contributed by atoms with E-state index < -0.39 is 0 Å². The Kier molecular flexibility index (Phi) is 4.39. The summed E-state index contributed by atoms with van der Waals surface area (Å²) in [7, 11) is 0. The number of β-amino-alcohol motifs (C(OH)–C–C–N with tert-alkyl or cyclic N) is 1. The van der Waals surface area contributed by atoms with Crippen LogP contribution >= 0.6 is 0 Å². The topological polar surface area (TPSA) is 62.1 Å². The van der Waals surface area contributed by atoms with Gasteiger partial charge in [0.15, 0.2) is 5.82 Å². The first-order valence-corrected chi connectivity index (χ1v) is 8.51. The number of aromatic nitrogens is 3. The molecule has 1 N–H and O–H groups in total. The van der Waals surface area contributed by atoms with Crippen molar-refractivity contribution >= 4 is 5.82 Å². The van der Waals surface area contributed by atoms with Gasteiger partial charge in [0.05, 0.1) is 11.8 Å². The molecular weight excluding hydrogens is 312 g/mol. The molecule has 1 aliphatic heterocycles. The highest BCUT2D eigenvalue weighted by Crippen LogP contribution is 2.25. The van der Waals surface area contributed by atoms with Gasteiger partial charge in [-0.25, -0.2) is 0 Å². The Balaban J connectivity index is 1.46. The third kappa shape index (κ3) is 3.51. The van der Waals surface area contributed by atoms with E-state index in [1.165, 1.54) is 0 Å². The maximum atomic E-state index is 10.4. The van der Waals surface area contributed by atoms with E-state index in [0.717, 1.165) is 35.7 Å². The average Bonchev–Trinajstić information content (AvgIpc) is 3.04. The lowest BCUT2D eigenvalue weighted by atomic mass is 10.00. The fourth-order valence-corrected chi connectivity index (χ4v) is 3.29. The second-order valence-electron chi connectivity index (χ2n) is 6.40. The van der Waals surface area contributed by atoms with Gasteiger partial charge in [-0.15, -0.1) is 10.2 Å². The van der Waals surface area contributed by atoms with Gasteiger partial charge in [0.2, 0.25) is 0 Å². The maximum Gasteiger partial charge on any atom is 0.151 e. The van der Waals surface area contributed by atoms with Crippen molar-refractivity contribution in [3.63, 3.8) is 0 Å². The van der Waals surface area contributed by atoms with Crippen LogP contribution in [0.25, 0.3) is 11.3 Å². The number of anilines is 1. The number of hydrogen-bond donors (Lipinski definition) is 1. The third-order valence-corrected chi connectivity index (χ3v) is 4.65. The van der Waals surface area contributed by atoms with Crippen molar-refractivity contribution in [1.29, 1.82) is 0 Å². The first-order chi connectivity index (χ1) is 12.3. The Morgan fingerprint density at radius 2 is 1.76 bits per heavy atom. The Hall–Kier alpha value is -2.79. The third-order valence-electron chi connectivity index (χ3n) is 4.65. The predicted molar refractivity (Wildman–Crippen MR) is 97.1 cm³/mol. The van der Waals surface area contributed by atoms with Crippen molar-refractivity contribution in [2.75, 3.05) is 18.0 Å². The largest absolute Gasteiger partial charge is 0.391 e. The summed E-state index contributed by atoms with van der Waals surface area (Å²) >= 11 is 0. The molecule has 2 atom stereocenters. The molecule has 1 saturated heterocycles. The lowest BCUT2D eigenvalue weighted by molar-refractivity contribution is 0.148. The molecule has 1 fully saturated rings. The van der Waals surface area contributed by atoms with Crippen LogP contribution in [0.2, 0.25) is 0 Å². The van der Waals surface area contributed by atoms with E-state index >= 15 is 0 Å². The molecule has 0 amide bonds. The zero-order chi connectivity index (χ0) is 17.1. The fraction of sp³-hybridized carbons (Fsp3) is 0.250. The minimum Gasteiger partial charge on any atom is -0.391 e. The van der Waals surface area contributed by atoms with E-state index in [1.807, 2.05) is 60.7 Å². The van der Waals surface area contributed by atoms with Crippen LogP contribution in [-0.4, -0.2) is 39.5 Å². The van der Waals surface area contributed by atoms with Gasteiger partial charge in [0.25, 0.3) is 0 Å². The molecular formula is C20H20N4O. The minimum atomic E-state index is -0.377. The summed E-state index contributed by atoms with van der Waals surface area (Å²) in [6.45, 7) is 1.34. The fourth-order valence-electron chi connectivity index (χ4n) is 3.29. The quantitative estimate of drug-likeness (QED) is 0.796. The summed E-state index contributed by atoms with van der Waals surface area (Å²) in [6.07, 6.45) is 2.19. The lowest BCUT2D eigenvalue weighted by Crippen LogP contribution is -2.22. The van der Waals surface area contributed by atoms with Gasteiger partial charge in [-0.3, -0.25) is 4.98 Å². The molecule has 1 aliphatic rings. The monoisotopic (exact) mass is 332 g/mol. The summed E-state index contributed by atoms with van der Waals surface area (Å²) in [4.78, 5) is 6.46. The maximum absolute atomic E-state index is 10.4. The average molecular weight is 332 g/mol. The minimum absolute atomic E-state index is 0.158. The van der Waals surface area contributed by atoms with Gasteiger partial charge in [-0.05, 0) is 30.7 Å². The molecule has 0 aliphatic carbocycles. The molecule has 3 heterocycles. The number of pyridine rings is 1. The molecule has 5 nitrogen and oxygen atoms in total. The summed E-state index contributed by atoms with van der Waals surface area (Å²) in [5.74, 6) is 0.966. The highest BCUT2D eigenvalue weighted by Gasteiger charge is 2.32. The number of benzene rings is 1. The molecule has 0 saturated carbocycles. The summed E-state index contributed by atoms with van der Waals surface area (Å²) in [6, 6.07) is 19.9. The normalized spacial score (nSPS) is 20.0. The van der Waals surface area contributed by atoms with Crippen LogP contribution < -0.4 is 4.90 Å². The van der Waals surface area contributed by atoms with Crippen LogP contribution in [0.5, 0.6) is 0 Å². The number of hydrogen-bond acceptors (Lipinski definition) is 5. The molecule has 0 spiro atoms. The summed E-state index contributed by atoms with van der Waals surface area (Å²) in [5.41, 5.74) is 2.92. The van der Waals surface area contributed by atoms with E-state index in [4.69, 9.17) is 0 Å². The first-order valence-electron chi connectivity index (χ1n) is 8.51. The number of aliphatic hydroxyl groups excluding tert-OH is 1. The molecule has 0 bridgehead atoms. The molecule has 126 valence electrons. The van der Waals surface area contributed by atoms with E-state index in [-0.39, 0.29) is 12.0 Å². The standard InChI is InChI=1S/C20H20N4O/c25-19-14-24(13-16(19)12-17-8-4-5-11-21-17)20-10-9-18(22-23-20)15-6-2-1-3-7-15/h1-11,16,19,25H,12-14H2/t16-,19-/m1/s1. The lowest BCUT2D eigenvalue weighted by Gasteiger charge is -2.16. The molecule has 5 heteroatoms. The van der Waals surface area contributed by atoms with Crippen LogP contribution in [0.3, 0.4) is 0 Å². The van der Waals surface area contributed by atoms with Crippen LogP contribution in [0.4, 0.5) is 5.82 Å². The van der Waals surface area contributed by atoms with E-state index in [0.29, 0.717) is 6.54 Å². The van der Waals surface area contributed by atoms with Gasteiger partial charge in [0, 0.05) is 36.5 Å². The second kappa shape index (κ2) is 6.99. The van der Waals surface area contributed by atoms with E-state index in [1.54, 1.807) is 6.20 Å². The van der Waals surface area contributed by atoms with Gasteiger partial charge in [-0.2, -0.15) is 0 Å². The molecule has 0 unspecified atom stereocenters. The highest BCUT2D eigenvalue weighted by atomic mass is 16.3. The van der Waals surface area contributed by atoms with Crippen molar-refractivity contribution in [2.24, 2.45) is 5.92 Å². The first kappa shape index (κ1) is 15.7. The number of nitrogens with zero attached hydrogens (tertiary/aromatic N) is 4. The van der Waals surface area contributed by atoms with E-state index in [9.17, 15) is 5.11 Å². The summed E-state index contributed by atoms with van der Waals surface area (Å²) in [5, 5.41) is 19.1. The van der Waals surface area contributed by atoms with Crippen molar-refractivity contribution in [3.8, 4) is 11.3 Å². The number of aliphatic hydroxyl groups is 1. The van der Waals surface area contributed by atoms with Gasteiger partial charge < -0.3 is 10.0 Å². The summed E-state index contributed by atoms with van der Waals surface area (Å²) < 4.78 is 0. The van der Waals surface area contributed by atoms with Gasteiger partial charge >= 0.3 is 0 Å². The molecule has 2 aromatic heterocycles. The molecule has 1 aromatic carbocycles. The molecule has 25 heavy (non-hydrogen) atoms. The van der Waals surface area contributed by atoms with Crippen molar-refractivity contribution in [2.45, 2.75) is 12.5 Å². The molecule has 0 radical (unpaired) electrons. The zero-order valence-electron chi connectivity index (χ0n) is 13.9. The van der Waals surface area contributed by atoms with Crippen LogP contribution in [0, 0.1) is 5.92 Å². The molecule has 3 aromatic rings. The Bertz CT molecular complexity index is 808. The van der Waals surface area contributed by atoms with Crippen LogP contribution in [0.1, 0.15) is 5.69 Å². The molecule has 4 rings (SSSR count). The second-order valence-corrected chi connectivity index (χ2v) is 6.40. The zero-order valence-corrected chi connectivity index (χ0v) is 13.9. The van der Waals surface area contributed by atoms with Gasteiger partial charge in [0.1, 0.15) is 0 Å². The highest BCUT2D eigenvalue weighted by molar-refractivity contribution is 5.59. The van der Waals surface area contributed by atoms with Crippen molar-refractivity contribution in [3.05, 3.63) is 72.6 Å². The van der Waals surface area contributed by atoms with Crippen molar-refractivity contribution in [1.82, 2.24) is 15.2 Å². The Morgan fingerprint density at radius 3 is 2.48 bits per heavy atom. The van der Waals surface area contributed by atoms with Gasteiger partial charge in [-0.1, -0.05) is 36.4 Å². The van der Waals surface area contributed by atoms with E-state index in [2.05, 4.69) is 20.1 Å². The number of rotatable bonds is 4. The Labute approximate surface area is 147 Å². The Morgan fingerprint density at radius 1 is 0.920 bits per heavy atom.